The Labute approximate surface area is 153 Å². The highest BCUT2D eigenvalue weighted by molar-refractivity contribution is 6.21. The van der Waals surface area contributed by atoms with Crippen molar-refractivity contribution in [2.24, 2.45) is 0 Å². The van der Waals surface area contributed by atoms with Crippen LogP contribution >= 0.6 is 0 Å². The molecule has 27 heavy (non-hydrogen) atoms. The smallest absolute Gasteiger partial charge is 0.261 e. The highest BCUT2D eigenvalue weighted by atomic mass is 19.1. The SMILES string of the molecule is O=C1c2ccccc2C(=O)N1Cc1ccc(Oc2cc(F)cc(F)c2)cc1. The number of amides is 2. The van der Waals surface area contributed by atoms with Crippen LogP contribution in [-0.4, -0.2) is 16.7 Å². The van der Waals surface area contributed by atoms with Crippen LogP contribution in [0, 0.1) is 11.6 Å². The average molecular weight is 365 g/mol. The number of halogens is 2. The largest absolute Gasteiger partial charge is 0.457 e. The maximum absolute atomic E-state index is 13.2. The van der Waals surface area contributed by atoms with Gasteiger partial charge in [-0.25, -0.2) is 8.78 Å². The van der Waals surface area contributed by atoms with Gasteiger partial charge in [0.2, 0.25) is 0 Å². The molecule has 0 fully saturated rings. The molecule has 0 aliphatic carbocycles. The van der Waals surface area contributed by atoms with Crippen molar-refractivity contribution in [3.8, 4) is 11.5 Å². The van der Waals surface area contributed by atoms with Crippen molar-refractivity contribution in [3.63, 3.8) is 0 Å². The van der Waals surface area contributed by atoms with Crippen LogP contribution in [0.2, 0.25) is 0 Å². The van der Waals surface area contributed by atoms with Crippen molar-refractivity contribution < 1.29 is 23.1 Å². The maximum Gasteiger partial charge on any atom is 0.261 e. The molecule has 4 nitrogen and oxygen atoms in total. The molecule has 3 aromatic rings. The molecule has 1 aliphatic heterocycles. The maximum atomic E-state index is 13.2. The zero-order chi connectivity index (χ0) is 19.0. The molecule has 0 saturated carbocycles. The van der Waals surface area contributed by atoms with Crippen LogP contribution in [0.5, 0.6) is 11.5 Å². The first kappa shape index (κ1) is 16.9. The number of hydrogen-bond donors (Lipinski definition) is 0. The molecule has 6 heteroatoms. The standard InChI is InChI=1S/C21H13F2NO3/c22-14-9-15(23)11-17(10-14)27-16-7-5-13(6-8-16)12-24-20(25)18-3-1-2-4-19(18)21(24)26/h1-11H,12H2. The highest BCUT2D eigenvalue weighted by Crippen LogP contribution is 2.26. The third-order valence-electron chi connectivity index (χ3n) is 4.21. The molecule has 3 aromatic carbocycles. The second kappa shape index (κ2) is 6.64. The van der Waals surface area contributed by atoms with Gasteiger partial charge in [-0.3, -0.25) is 14.5 Å². The van der Waals surface area contributed by atoms with Gasteiger partial charge >= 0.3 is 0 Å². The van der Waals surface area contributed by atoms with E-state index in [9.17, 15) is 18.4 Å². The lowest BCUT2D eigenvalue weighted by Gasteiger charge is -2.14. The fraction of sp³-hybridized carbons (Fsp3) is 0.0476. The van der Waals surface area contributed by atoms with Crippen LogP contribution in [-0.2, 0) is 6.54 Å². The predicted octanol–water partition coefficient (Wildman–Crippen LogP) is 4.55. The first-order chi connectivity index (χ1) is 13.0. The highest BCUT2D eigenvalue weighted by Gasteiger charge is 2.34. The average Bonchev–Trinajstić information content (AvgIpc) is 2.88. The zero-order valence-corrected chi connectivity index (χ0v) is 14.0. The van der Waals surface area contributed by atoms with Gasteiger partial charge in [-0.05, 0) is 29.8 Å². The summed E-state index contributed by atoms with van der Waals surface area (Å²) in [5, 5.41) is 0. The number of carbonyl (C=O) groups is 2. The molecule has 0 saturated heterocycles. The minimum atomic E-state index is -0.729. The molecule has 2 amide bonds. The number of fused-ring (bicyclic) bond motifs is 1. The Morgan fingerprint density at radius 3 is 1.85 bits per heavy atom. The number of rotatable bonds is 4. The molecule has 0 unspecified atom stereocenters. The lowest BCUT2D eigenvalue weighted by Crippen LogP contribution is -2.29. The summed E-state index contributed by atoms with van der Waals surface area (Å²) < 4.78 is 31.9. The Bertz CT molecular complexity index is 992. The van der Waals surface area contributed by atoms with Gasteiger partial charge in [-0.2, -0.15) is 0 Å². The van der Waals surface area contributed by atoms with Gasteiger partial charge < -0.3 is 4.74 Å². The number of hydrogen-bond acceptors (Lipinski definition) is 3. The lowest BCUT2D eigenvalue weighted by molar-refractivity contribution is 0.0642. The third-order valence-corrected chi connectivity index (χ3v) is 4.21. The quantitative estimate of drug-likeness (QED) is 0.637. The van der Waals surface area contributed by atoms with Crippen LogP contribution in [0.15, 0.2) is 66.7 Å². The van der Waals surface area contributed by atoms with Gasteiger partial charge in [-0.1, -0.05) is 24.3 Å². The number of nitrogens with zero attached hydrogens (tertiary/aromatic N) is 1. The molecular formula is C21H13F2NO3. The van der Waals surface area contributed by atoms with Gasteiger partial charge in [-0.15, -0.1) is 0 Å². The Hall–Kier alpha value is -3.54. The number of benzene rings is 3. The molecule has 0 N–H and O–H groups in total. The molecule has 0 radical (unpaired) electrons. The van der Waals surface area contributed by atoms with Crippen molar-refractivity contribution in [2.75, 3.05) is 0 Å². The van der Waals surface area contributed by atoms with E-state index in [0.717, 1.165) is 23.8 Å². The summed E-state index contributed by atoms with van der Waals surface area (Å²) >= 11 is 0. The second-order valence-electron chi connectivity index (χ2n) is 6.09. The monoisotopic (exact) mass is 365 g/mol. The Morgan fingerprint density at radius 2 is 1.30 bits per heavy atom. The summed E-state index contributed by atoms with van der Waals surface area (Å²) in [6, 6.07) is 16.2. The third kappa shape index (κ3) is 3.29. The molecule has 0 bridgehead atoms. The van der Waals surface area contributed by atoms with Crippen molar-refractivity contribution in [3.05, 3.63) is 95.1 Å². The molecule has 1 aliphatic rings. The summed E-state index contributed by atoms with van der Waals surface area (Å²) in [4.78, 5) is 26.0. The lowest BCUT2D eigenvalue weighted by atomic mass is 10.1. The van der Waals surface area contributed by atoms with Crippen molar-refractivity contribution in [1.29, 1.82) is 0 Å². The van der Waals surface area contributed by atoms with Crippen LogP contribution in [0.1, 0.15) is 26.3 Å². The number of carbonyl (C=O) groups excluding carboxylic acids is 2. The zero-order valence-electron chi connectivity index (χ0n) is 14.0. The van der Waals surface area contributed by atoms with Gasteiger partial charge in [0.15, 0.2) is 0 Å². The molecule has 0 spiro atoms. The van der Waals surface area contributed by atoms with Crippen LogP contribution < -0.4 is 4.74 Å². The molecule has 1 heterocycles. The fourth-order valence-electron chi connectivity index (χ4n) is 2.95. The van der Waals surface area contributed by atoms with Crippen LogP contribution in [0.25, 0.3) is 0 Å². The van der Waals surface area contributed by atoms with Crippen molar-refractivity contribution >= 4 is 11.8 Å². The minimum absolute atomic E-state index is 0.0422. The summed E-state index contributed by atoms with van der Waals surface area (Å²) in [5.74, 6) is -1.69. The fourth-order valence-corrected chi connectivity index (χ4v) is 2.95. The van der Waals surface area contributed by atoms with Gasteiger partial charge in [0, 0.05) is 18.2 Å². The predicted molar refractivity (Wildman–Crippen MR) is 93.5 cm³/mol. The topological polar surface area (TPSA) is 46.6 Å². The molecule has 134 valence electrons. The molecule has 0 aromatic heterocycles. The first-order valence-electron chi connectivity index (χ1n) is 8.19. The Morgan fingerprint density at radius 1 is 0.741 bits per heavy atom. The van der Waals surface area contributed by atoms with Crippen molar-refractivity contribution in [1.82, 2.24) is 4.90 Å². The van der Waals surface area contributed by atoms with E-state index in [4.69, 9.17) is 4.74 Å². The van der Waals surface area contributed by atoms with E-state index in [1.165, 1.54) is 4.90 Å². The Balaban J connectivity index is 1.49. The Kier molecular flexibility index (Phi) is 4.16. The van der Waals surface area contributed by atoms with Crippen LogP contribution in [0.4, 0.5) is 8.78 Å². The summed E-state index contributed by atoms with van der Waals surface area (Å²) in [6.07, 6.45) is 0. The minimum Gasteiger partial charge on any atom is -0.457 e. The van der Waals surface area contributed by atoms with Gasteiger partial charge in [0.05, 0.1) is 17.7 Å². The van der Waals surface area contributed by atoms with E-state index in [0.29, 0.717) is 16.9 Å². The summed E-state index contributed by atoms with van der Waals surface area (Å²) in [6.45, 7) is 0.126. The van der Waals surface area contributed by atoms with E-state index >= 15 is 0 Å². The van der Waals surface area contributed by atoms with Crippen molar-refractivity contribution in [2.45, 2.75) is 6.54 Å². The second-order valence-corrected chi connectivity index (χ2v) is 6.09. The van der Waals surface area contributed by atoms with Crippen LogP contribution in [0.3, 0.4) is 0 Å². The summed E-state index contributed by atoms with van der Waals surface area (Å²) in [5.41, 5.74) is 1.52. The molecular weight excluding hydrogens is 352 g/mol. The first-order valence-corrected chi connectivity index (χ1v) is 8.19. The van der Waals surface area contributed by atoms with E-state index < -0.39 is 11.6 Å². The molecule has 4 rings (SSSR count). The van der Waals surface area contributed by atoms with Gasteiger partial charge in [0.1, 0.15) is 23.1 Å². The van der Waals surface area contributed by atoms with E-state index in [1.807, 2.05) is 0 Å². The summed E-state index contributed by atoms with van der Waals surface area (Å²) in [7, 11) is 0. The van der Waals surface area contributed by atoms with Gasteiger partial charge in [0.25, 0.3) is 11.8 Å². The number of imide groups is 1. The van der Waals surface area contributed by atoms with E-state index in [-0.39, 0.29) is 24.1 Å². The normalized spacial score (nSPS) is 13.0. The van der Waals surface area contributed by atoms with E-state index in [2.05, 4.69) is 0 Å². The molecule has 0 atom stereocenters. The van der Waals surface area contributed by atoms with E-state index in [1.54, 1.807) is 48.5 Å². The number of ether oxygens (including phenoxy) is 1.